The monoisotopic (exact) mass is 535 g/mol. The summed E-state index contributed by atoms with van der Waals surface area (Å²) in [7, 11) is 1.47. The second-order valence-electron chi connectivity index (χ2n) is 7.41. The first-order valence-corrected chi connectivity index (χ1v) is 10.3. The molecule has 170 valence electrons. The zero-order chi connectivity index (χ0) is 21.2. The molecule has 0 aliphatic carbocycles. The molecule has 2 rings (SSSR count). The van der Waals surface area contributed by atoms with Gasteiger partial charge < -0.3 is 20.3 Å². The molecule has 2 N–H and O–H groups in total. The predicted octanol–water partition coefficient (Wildman–Crippen LogP) is 2.31. The van der Waals surface area contributed by atoms with Crippen LogP contribution >= 0.6 is 24.0 Å². The molecule has 1 saturated heterocycles. The number of carbonyl (C=O) groups excluding carboxylic acids is 1. The lowest BCUT2D eigenvalue weighted by Gasteiger charge is -2.36. The predicted molar refractivity (Wildman–Crippen MR) is 129 cm³/mol. The van der Waals surface area contributed by atoms with Crippen molar-refractivity contribution in [3.63, 3.8) is 0 Å². The highest BCUT2D eigenvalue weighted by molar-refractivity contribution is 14.0. The van der Waals surface area contributed by atoms with E-state index in [1.54, 1.807) is 12.1 Å². The number of rotatable bonds is 8. The Kier molecular flexibility index (Phi) is 12.0. The van der Waals surface area contributed by atoms with E-state index in [4.69, 9.17) is 4.74 Å². The van der Waals surface area contributed by atoms with Crippen LogP contribution in [0.1, 0.15) is 26.3 Å². The third-order valence-corrected chi connectivity index (χ3v) is 4.83. The average molecular weight is 535 g/mol. The number of nitrogens with one attached hydrogen (secondary N) is 2. The van der Waals surface area contributed by atoms with Crippen molar-refractivity contribution in [3.05, 3.63) is 29.6 Å². The van der Waals surface area contributed by atoms with Crippen LogP contribution in [0.5, 0.6) is 5.75 Å². The maximum Gasteiger partial charge on any atom is 0.222 e. The molecule has 1 aliphatic rings. The summed E-state index contributed by atoms with van der Waals surface area (Å²) in [6.45, 7) is 11.8. The number of nitrogens with zero attached hydrogens (tertiary/aromatic N) is 3. The van der Waals surface area contributed by atoms with Gasteiger partial charge in [0, 0.05) is 51.7 Å². The molecule has 0 unspecified atom stereocenters. The molecule has 1 amide bonds. The van der Waals surface area contributed by atoms with E-state index in [-0.39, 0.29) is 47.4 Å². The van der Waals surface area contributed by atoms with Gasteiger partial charge in [-0.15, -0.1) is 24.0 Å². The van der Waals surface area contributed by atoms with E-state index in [1.165, 1.54) is 7.11 Å². The van der Waals surface area contributed by atoms with Crippen molar-refractivity contribution in [2.75, 3.05) is 52.9 Å². The first kappa shape index (κ1) is 26.4. The number of piperazine rings is 1. The fourth-order valence-corrected chi connectivity index (χ4v) is 3.16. The van der Waals surface area contributed by atoms with Crippen LogP contribution in [-0.4, -0.2) is 74.6 Å². The lowest BCUT2D eigenvalue weighted by Crippen LogP contribution is -2.52. The number of ether oxygens (including phenoxy) is 1. The molecule has 1 fully saturated rings. The minimum absolute atomic E-state index is 0. The largest absolute Gasteiger partial charge is 0.494 e. The standard InChI is InChI=1S/C21H34FN5O2.HI/c1-5-23-21(25-9-8-24-20(28)16(2)3)27-12-10-26(11-13-27)15-17-6-7-19(29-4)18(22)14-17;/h6-7,14,16H,5,8-13,15H2,1-4H3,(H,23,25)(H,24,28);1H. The van der Waals surface area contributed by atoms with Gasteiger partial charge in [0.2, 0.25) is 5.91 Å². The van der Waals surface area contributed by atoms with Crippen molar-refractivity contribution in [2.24, 2.45) is 10.9 Å². The molecular weight excluding hydrogens is 500 g/mol. The molecule has 9 heteroatoms. The maximum absolute atomic E-state index is 13.9. The number of aliphatic imine (C=N–C) groups is 1. The summed E-state index contributed by atoms with van der Waals surface area (Å²) in [6, 6.07) is 5.13. The second-order valence-corrected chi connectivity index (χ2v) is 7.41. The highest BCUT2D eigenvalue weighted by Gasteiger charge is 2.20. The van der Waals surface area contributed by atoms with Crippen LogP contribution < -0.4 is 15.4 Å². The molecule has 1 aromatic carbocycles. The van der Waals surface area contributed by atoms with Crippen LogP contribution in [0.4, 0.5) is 4.39 Å². The Balaban J connectivity index is 0.00000450. The lowest BCUT2D eigenvalue weighted by molar-refractivity contribution is -0.123. The maximum atomic E-state index is 13.9. The van der Waals surface area contributed by atoms with E-state index in [0.717, 1.165) is 44.2 Å². The third kappa shape index (κ3) is 8.25. The summed E-state index contributed by atoms with van der Waals surface area (Å²) in [4.78, 5) is 20.8. The Morgan fingerprint density at radius 3 is 2.50 bits per heavy atom. The number of methoxy groups -OCH3 is 1. The molecule has 0 saturated carbocycles. The summed E-state index contributed by atoms with van der Waals surface area (Å²) >= 11 is 0. The highest BCUT2D eigenvalue weighted by Crippen LogP contribution is 2.19. The number of hydrogen-bond donors (Lipinski definition) is 2. The number of amides is 1. The molecule has 0 spiro atoms. The van der Waals surface area contributed by atoms with Gasteiger partial charge in [-0.05, 0) is 24.6 Å². The van der Waals surface area contributed by atoms with Gasteiger partial charge in [-0.25, -0.2) is 4.39 Å². The van der Waals surface area contributed by atoms with E-state index in [1.807, 2.05) is 26.8 Å². The van der Waals surface area contributed by atoms with Crippen molar-refractivity contribution in [1.29, 1.82) is 0 Å². The summed E-state index contributed by atoms with van der Waals surface area (Å²) in [6.07, 6.45) is 0. The van der Waals surface area contributed by atoms with Crippen molar-refractivity contribution in [2.45, 2.75) is 27.3 Å². The van der Waals surface area contributed by atoms with Gasteiger partial charge in [-0.2, -0.15) is 0 Å². The molecule has 0 aromatic heterocycles. The molecule has 0 radical (unpaired) electrons. The van der Waals surface area contributed by atoms with Crippen molar-refractivity contribution in [3.8, 4) is 5.75 Å². The van der Waals surface area contributed by atoms with E-state index in [9.17, 15) is 9.18 Å². The van der Waals surface area contributed by atoms with Gasteiger partial charge in [0.05, 0.1) is 13.7 Å². The Bertz CT molecular complexity index is 694. The van der Waals surface area contributed by atoms with E-state index in [2.05, 4.69) is 25.4 Å². The van der Waals surface area contributed by atoms with Crippen LogP contribution in [-0.2, 0) is 11.3 Å². The minimum Gasteiger partial charge on any atom is -0.494 e. The van der Waals surface area contributed by atoms with E-state index < -0.39 is 0 Å². The van der Waals surface area contributed by atoms with Crippen molar-refractivity contribution in [1.82, 2.24) is 20.4 Å². The Hall–Kier alpha value is -1.62. The Labute approximate surface area is 196 Å². The first-order valence-electron chi connectivity index (χ1n) is 10.3. The van der Waals surface area contributed by atoms with Gasteiger partial charge in [-0.3, -0.25) is 14.7 Å². The fraction of sp³-hybridized carbons (Fsp3) is 0.619. The summed E-state index contributed by atoms with van der Waals surface area (Å²) in [5, 5.41) is 6.22. The zero-order valence-corrected chi connectivity index (χ0v) is 20.7. The molecular formula is C21H35FIN5O2. The van der Waals surface area contributed by atoms with Gasteiger partial charge in [0.25, 0.3) is 0 Å². The quantitative estimate of drug-likeness (QED) is 0.232. The SMILES string of the molecule is CCNC(=NCCNC(=O)C(C)C)N1CCN(Cc2ccc(OC)c(F)c2)CC1.I. The molecule has 7 nitrogen and oxygen atoms in total. The van der Waals surface area contributed by atoms with Gasteiger partial charge >= 0.3 is 0 Å². The fourth-order valence-electron chi connectivity index (χ4n) is 3.16. The van der Waals surface area contributed by atoms with Crippen LogP contribution in [0.25, 0.3) is 0 Å². The molecule has 1 aliphatic heterocycles. The molecule has 0 bridgehead atoms. The molecule has 0 atom stereocenters. The normalized spacial score (nSPS) is 15.0. The first-order chi connectivity index (χ1) is 13.9. The molecule has 1 heterocycles. The highest BCUT2D eigenvalue weighted by atomic mass is 127. The van der Waals surface area contributed by atoms with Gasteiger partial charge in [0.15, 0.2) is 17.5 Å². The van der Waals surface area contributed by atoms with Crippen LogP contribution in [0.3, 0.4) is 0 Å². The number of benzene rings is 1. The number of guanidine groups is 1. The number of carbonyl (C=O) groups is 1. The van der Waals surface area contributed by atoms with Crippen molar-refractivity contribution < 1.29 is 13.9 Å². The van der Waals surface area contributed by atoms with Crippen molar-refractivity contribution >= 4 is 35.8 Å². The Morgan fingerprint density at radius 2 is 1.93 bits per heavy atom. The molecule has 30 heavy (non-hydrogen) atoms. The third-order valence-electron chi connectivity index (χ3n) is 4.83. The Morgan fingerprint density at radius 1 is 1.23 bits per heavy atom. The smallest absolute Gasteiger partial charge is 0.222 e. The van der Waals surface area contributed by atoms with Crippen LogP contribution in [0.15, 0.2) is 23.2 Å². The zero-order valence-electron chi connectivity index (χ0n) is 18.4. The minimum atomic E-state index is -0.324. The topological polar surface area (TPSA) is 69.2 Å². The average Bonchev–Trinajstić information content (AvgIpc) is 2.71. The van der Waals surface area contributed by atoms with Crippen LogP contribution in [0, 0.1) is 11.7 Å². The number of hydrogen-bond acceptors (Lipinski definition) is 4. The lowest BCUT2D eigenvalue weighted by atomic mass is 10.2. The summed E-state index contributed by atoms with van der Waals surface area (Å²) in [5.41, 5.74) is 0.943. The van der Waals surface area contributed by atoms with E-state index in [0.29, 0.717) is 19.6 Å². The summed E-state index contributed by atoms with van der Waals surface area (Å²) < 4.78 is 18.9. The number of halogens is 2. The summed E-state index contributed by atoms with van der Waals surface area (Å²) in [5.74, 6) is 0.860. The second kappa shape index (κ2) is 13.6. The van der Waals surface area contributed by atoms with Gasteiger partial charge in [-0.1, -0.05) is 19.9 Å². The molecule has 1 aromatic rings. The van der Waals surface area contributed by atoms with Crippen LogP contribution in [0.2, 0.25) is 0 Å². The van der Waals surface area contributed by atoms with Gasteiger partial charge in [0.1, 0.15) is 0 Å². The van der Waals surface area contributed by atoms with E-state index >= 15 is 0 Å².